The van der Waals surface area contributed by atoms with Crippen molar-refractivity contribution in [2.45, 2.75) is 20.3 Å². The van der Waals surface area contributed by atoms with Gasteiger partial charge in [0.05, 0.1) is 6.61 Å². The minimum Gasteiger partial charge on any atom is -0.463 e. The first-order valence-electron chi connectivity index (χ1n) is 6.61. The van der Waals surface area contributed by atoms with Crippen LogP contribution in [0.3, 0.4) is 0 Å². The van der Waals surface area contributed by atoms with E-state index in [9.17, 15) is 0 Å². The Morgan fingerprint density at radius 3 is 2.40 bits per heavy atom. The number of aryl methyl sites for hydroxylation is 1. The van der Waals surface area contributed by atoms with E-state index >= 15 is 0 Å². The van der Waals surface area contributed by atoms with E-state index in [1.807, 2.05) is 38.1 Å². The van der Waals surface area contributed by atoms with E-state index in [4.69, 9.17) is 4.74 Å². The fourth-order valence-electron chi connectivity index (χ4n) is 1.55. The average molecular weight is 273 g/mol. The fourth-order valence-corrected chi connectivity index (χ4v) is 1.55. The van der Waals surface area contributed by atoms with Gasteiger partial charge in [-0.3, -0.25) is 0 Å². The molecule has 20 heavy (non-hydrogen) atoms. The molecular weight excluding hydrogens is 254 g/mol. The van der Waals surface area contributed by atoms with E-state index in [0.29, 0.717) is 24.5 Å². The Morgan fingerprint density at radius 2 is 1.75 bits per heavy atom. The lowest BCUT2D eigenvalue weighted by Gasteiger charge is -2.09. The van der Waals surface area contributed by atoms with Crippen LogP contribution in [-0.2, 0) is 0 Å². The molecule has 0 aliphatic rings. The van der Waals surface area contributed by atoms with Crippen molar-refractivity contribution in [2.24, 2.45) is 0 Å². The molecule has 0 unspecified atom stereocenters. The highest BCUT2D eigenvalue weighted by molar-refractivity contribution is 5.54. The molecule has 2 rings (SSSR count). The minimum absolute atomic E-state index is 0.320. The zero-order chi connectivity index (χ0) is 14.4. The number of nitrogens with one attached hydrogen (secondary N) is 2. The quantitative estimate of drug-likeness (QED) is 0.843. The van der Waals surface area contributed by atoms with Crippen molar-refractivity contribution in [3.05, 3.63) is 29.8 Å². The summed E-state index contributed by atoms with van der Waals surface area (Å²) in [6, 6.07) is 8.32. The van der Waals surface area contributed by atoms with E-state index < -0.39 is 0 Å². The third kappa shape index (κ3) is 3.81. The Balaban J connectivity index is 2.19. The van der Waals surface area contributed by atoms with Crippen LogP contribution >= 0.6 is 0 Å². The molecule has 0 spiro atoms. The van der Waals surface area contributed by atoms with Gasteiger partial charge in [-0.2, -0.15) is 15.0 Å². The van der Waals surface area contributed by atoms with Gasteiger partial charge in [0.15, 0.2) is 0 Å². The molecule has 0 saturated heterocycles. The molecule has 0 bridgehead atoms. The Morgan fingerprint density at radius 1 is 1.05 bits per heavy atom. The molecule has 0 fully saturated rings. The van der Waals surface area contributed by atoms with E-state index in [1.54, 1.807) is 7.05 Å². The predicted octanol–water partition coefficient (Wildman–Crippen LogP) is 2.75. The lowest BCUT2D eigenvalue weighted by atomic mass is 10.2. The maximum Gasteiger partial charge on any atom is 0.323 e. The van der Waals surface area contributed by atoms with Crippen LogP contribution in [0, 0.1) is 6.92 Å². The van der Waals surface area contributed by atoms with Gasteiger partial charge < -0.3 is 15.4 Å². The molecule has 1 aromatic heterocycles. The molecule has 0 aliphatic carbocycles. The first-order valence-corrected chi connectivity index (χ1v) is 6.61. The number of ether oxygens (including phenoxy) is 1. The monoisotopic (exact) mass is 273 g/mol. The highest BCUT2D eigenvalue weighted by Gasteiger charge is 2.06. The summed E-state index contributed by atoms with van der Waals surface area (Å²) in [5, 5.41) is 6.04. The topological polar surface area (TPSA) is 72.0 Å². The van der Waals surface area contributed by atoms with E-state index in [2.05, 4.69) is 25.6 Å². The normalized spacial score (nSPS) is 10.2. The van der Waals surface area contributed by atoms with Crippen molar-refractivity contribution in [1.82, 2.24) is 15.0 Å². The molecule has 6 nitrogen and oxygen atoms in total. The van der Waals surface area contributed by atoms with Gasteiger partial charge in [0.2, 0.25) is 11.9 Å². The van der Waals surface area contributed by atoms with Gasteiger partial charge in [-0.25, -0.2) is 0 Å². The lowest BCUT2D eigenvalue weighted by Crippen LogP contribution is -2.07. The average Bonchev–Trinajstić information content (AvgIpc) is 2.47. The molecule has 106 valence electrons. The molecule has 0 saturated carbocycles. The Labute approximate surface area is 118 Å². The van der Waals surface area contributed by atoms with Crippen LogP contribution in [0.5, 0.6) is 6.01 Å². The summed E-state index contributed by atoms with van der Waals surface area (Å²) in [5.41, 5.74) is 2.12. The molecule has 0 aliphatic heterocycles. The van der Waals surface area contributed by atoms with Crippen molar-refractivity contribution in [1.29, 1.82) is 0 Å². The maximum atomic E-state index is 5.45. The van der Waals surface area contributed by atoms with E-state index in [1.165, 1.54) is 5.56 Å². The summed E-state index contributed by atoms with van der Waals surface area (Å²) >= 11 is 0. The van der Waals surface area contributed by atoms with Gasteiger partial charge in [-0.15, -0.1) is 0 Å². The second-order valence-electron chi connectivity index (χ2n) is 4.35. The molecule has 0 amide bonds. The fraction of sp³-hybridized carbons (Fsp3) is 0.357. The highest BCUT2D eigenvalue weighted by atomic mass is 16.5. The molecular formula is C14H19N5O. The lowest BCUT2D eigenvalue weighted by molar-refractivity contribution is 0.292. The molecule has 0 atom stereocenters. The molecule has 2 N–H and O–H groups in total. The number of aromatic nitrogens is 3. The van der Waals surface area contributed by atoms with Crippen molar-refractivity contribution < 1.29 is 4.74 Å². The third-order valence-corrected chi connectivity index (χ3v) is 2.58. The van der Waals surface area contributed by atoms with Crippen molar-refractivity contribution in [3.8, 4) is 6.01 Å². The maximum absolute atomic E-state index is 5.45. The number of hydrogen-bond acceptors (Lipinski definition) is 6. The van der Waals surface area contributed by atoms with Crippen LogP contribution in [0.1, 0.15) is 18.9 Å². The summed E-state index contributed by atoms with van der Waals surface area (Å²) in [5.74, 6) is 0.931. The number of anilines is 3. The zero-order valence-electron chi connectivity index (χ0n) is 12.0. The van der Waals surface area contributed by atoms with Crippen LogP contribution in [0.4, 0.5) is 17.6 Å². The Hall–Kier alpha value is -2.37. The largest absolute Gasteiger partial charge is 0.463 e. The number of hydrogen-bond donors (Lipinski definition) is 2. The Bertz CT molecular complexity index is 556. The van der Waals surface area contributed by atoms with Crippen LogP contribution < -0.4 is 15.4 Å². The third-order valence-electron chi connectivity index (χ3n) is 2.58. The Kier molecular flexibility index (Phi) is 4.70. The van der Waals surface area contributed by atoms with Gasteiger partial charge in [-0.05, 0) is 25.5 Å². The molecule has 0 radical (unpaired) electrons. The van der Waals surface area contributed by atoms with Gasteiger partial charge in [-0.1, -0.05) is 24.6 Å². The second kappa shape index (κ2) is 6.70. The standard InChI is InChI=1S/C14H19N5O/c1-4-9-20-14-18-12(15-3)17-13(19-14)16-11-7-5-10(2)6-8-11/h5-8H,4,9H2,1-3H3,(H2,15,16,17,18,19). The molecule has 2 aromatic rings. The van der Waals surface area contributed by atoms with Crippen molar-refractivity contribution in [2.75, 3.05) is 24.3 Å². The van der Waals surface area contributed by atoms with E-state index in [0.717, 1.165) is 12.1 Å². The first-order chi connectivity index (χ1) is 9.71. The van der Waals surface area contributed by atoms with Gasteiger partial charge >= 0.3 is 6.01 Å². The summed E-state index contributed by atoms with van der Waals surface area (Å²) in [7, 11) is 1.76. The minimum atomic E-state index is 0.320. The summed E-state index contributed by atoms with van der Waals surface area (Å²) in [6.07, 6.45) is 0.904. The predicted molar refractivity (Wildman–Crippen MR) is 79.6 cm³/mol. The highest BCUT2D eigenvalue weighted by Crippen LogP contribution is 2.17. The molecule has 1 heterocycles. The van der Waals surface area contributed by atoms with Gasteiger partial charge in [0.25, 0.3) is 0 Å². The van der Waals surface area contributed by atoms with Gasteiger partial charge in [0.1, 0.15) is 0 Å². The zero-order valence-corrected chi connectivity index (χ0v) is 12.0. The summed E-state index contributed by atoms with van der Waals surface area (Å²) < 4.78 is 5.45. The summed E-state index contributed by atoms with van der Waals surface area (Å²) in [6.45, 7) is 4.66. The molecule has 1 aromatic carbocycles. The van der Waals surface area contributed by atoms with Gasteiger partial charge in [0, 0.05) is 12.7 Å². The SMILES string of the molecule is CCCOc1nc(NC)nc(Nc2ccc(C)cc2)n1. The second-order valence-corrected chi connectivity index (χ2v) is 4.35. The smallest absolute Gasteiger partial charge is 0.323 e. The molecule has 6 heteroatoms. The first kappa shape index (κ1) is 14.0. The van der Waals surface area contributed by atoms with Crippen molar-refractivity contribution >= 4 is 17.6 Å². The summed E-state index contributed by atoms with van der Waals surface area (Å²) in [4.78, 5) is 12.6. The van der Waals surface area contributed by atoms with Crippen LogP contribution in [0.2, 0.25) is 0 Å². The van der Waals surface area contributed by atoms with Crippen LogP contribution in [0.15, 0.2) is 24.3 Å². The number of rotatable bonds is 6. The van der Waals surface area contributed by atoms with Crippen LogP contribution in [-0.4, -0.2) is 28.6 Å². The number of benzene rings is 1. The van der Waals surface area contributed by atoms with Crippen molar-refractivity contribution in [3.63, 3.8) is 0 Å². The van der Waals surface area contributed by atoms with Crippen LogP contribution in [0.25, 0.3) is 0 Å². The number of nitrogens with zero attached hydrogens (tertiary/aromatic N) is 3. The van der Waals surface area contributed by atoms with E-state index in [-0.39, 0.29) is 0 Å².